The summed E-state index contributed by atoms with van der Waals surface area (Å²) in [5.41, 5.74) is 7.16. The smallest absolute Gasteiger partial charge is 0.321 e. The lowest BCUT2D eigenvalue weighted by Gasteiger charge is -2.32. The number of aliphatic imine (C=N–C) groups is 1. The van der Waals surface area contributed by atoms with Gasteiger partial charge in [-0.05, 0) is 63.2 Å². The van der Waals surface area contributed by atoms with E-state index < -0.39 is 0 Å². The second-order valence-electron chi connectivity index (χ2n) is 7.50. The number of nitrogens with one attached hydrogen (secondary N) is 2. The highest BCUT2D eigenvalue weighted by atomic mass is 32.2. The quantitative estimate of drug-likeness (QED) is 0.297. The average molecular weight is 455 g/mol. The number of hydrogen-bond acceptors (Lipinski definition) is 7. The van der Waals surface area contributed by atoms with Crippen LogP contribution in [0.3, 0.4) is 0 Å². The number of amides is 2. The van der Waals surface area contributed by atoms with Crippen molar-refractivity contribution in [3.63, 3.8) is 0 Å². The summed E-state index contributed by atoms with van der Waals surface area (Å²) >= 11 is 1.43. The van der Waals surface area contributed by atoms with Crippen LogP contribution in [0.2, 0.25) is 0 Å². The number of anilines is 2. The third-order valence-corrected chi connectivity index (χ3v) is 5.80. The summed E-state index contributed by atoms with van der Waals surface area (Å²) < 4.78 is 0. The third kappa shape index (κ3) is 6.43. The minimum atomic E-state index is -0.110. The molecule has 3 rings (SSSR count). The van der Waals surface area contributed by atoms with Crippen LogP contribution in [0.5, 0.6) is 0 Å². The molecule has 4 N–H and O–H groups in total. The second-order valence-corrected chi connectivity index (χ2v) is 8.54. The molecule has 1 saturated heterocycles. The van der Waals surface area contributed by atoms with E-state index in [4.69, 9.17) is 11.1 Å². The molecule has 0 saturated carbocycles. The molecule has 0 bridgehead atoms. The molecule has 0 atom stereocenters. The molecule has 0 aliphatic carbocycles. The Kier molecular flexibility index (Phi) is 8.04. The van der Waals surface area contributed by atoms with Crippen molar-refractivity contribution in [2.45, 2.75) is 43.7 Å². The maximum atomic E-state index is 12.2. The number of amidine groups is 1. The molecule has 170 valence electrons. The summed E-state index contributed by atoms with van der Waals surface area (Å²) in [6.07, 6.45) is 1.45. The fourth-order valence-electron chi connectivity index (χ4n) is 3.09. The number of rotatable bonds is 9. The fourth-order valence-corrected chi connectivity index (χ4v) is 3.86. The summed E-state index contributed by atoms with van der Waals surface area (Å²) in [5, 5.41) is 11.1. The Morgan fingerprint density at radius 2 is 1.94 bits per heavy atom. The maximum absolute atomic E-state index is 12.2. The zero-order valence-corrected chi connectivity index (χ0v) is 19.6. The lowest BCUT2D eigenvalue weighted by molar-refractivity contribution is 0.217. The number of aromatic nitrogens is 2. The largest absolute Gasteiger partial charge is 0.387 e. The number of benzene rings is 1. The molecule has 0 radical (unpaired) electrons. The van der Waals surface area contributed by atoms with Crippen LogP contribution in [-0.4, -0.2) is 58.6 Å². The molecule has 2 amide bonds. The molecule has 9 nitrogen and oxygen atoms in total. The zero-order valence-electron chi connectivity index (χ0n) is 18.8. The van der Waals surface area contributed by atoms with Gasteiger partial charge < -0.3 is 26.3 Å². The van der Waals surface area contributed by atoms with Gasteiger partial charge in [0.1, 0.15) is 11.7 Å². The van der Waals surface area contributed by atoms with Crippen LogP contribution in [-0.2, 0) is 0 Å². The Morgan fingerprint density at radius 1 is 1.25 bits per heavy atom. The van der Waals surface area contributed by atoms with E-state index in [9.17, 15) is 4.79 Å². The van der Waals surface area contributed by atoms with E-state index in [0.717, 1.165) is 35.9 Å². The van der Waals surface area contributed by atoms with Crippen LogP contribution < -0.4 is 16.0 Å². The molecule has 1 aromatic carbocycles. The number of nitrogens with zero attached hydrogens (tertiary/aromatic N) is 5. The summed E-state index contributed by atoms with van der Waals surface area (Å²) in [5.74, 6) is 1.68. The van der Waals surface area contributed by atoms with E-state index in [1.807, 2.05) is 44.2 Å². The molecule has 1 fully saturated rings. The predicted octanol–water partition coefficient (Wildman–Crippen LogP) is 4.13. The fraction of sp³-hybridized carbons (Fsp3) is 0.409. The van der Waals surface area contributed by atoms with Crippen LogP contribution in [0.25, 0.3) is 0 Å². The van der Waals surface area contributed by atoms with Crippen LogP contribution in [0.4, 0.5) is 22.1 Å². The molecule has 0 unspecified atom stereocenters. The van der Waals surface area contributed by atoms with Crippen molar-refractivity contribution < 1.29 is 4.79 Å². The van der Waals surface area contributed by atoms with Crippen molar-refractivity contribution >= 4 is 46.7 Å². The molecular formula is C22H30N8OS. The lowest BCUT2D eigenvalue weighted by atomic mass is 10.2. The van der Waals surface area contributed by atoms with E-state index in [-0.39, 0.29) is 6.03 Å². The van der Waals surface area contributed by atoms with Gasteiger partial charge in [-0.25, -0.2) is 19.8 Å². The predicted molar refractivity (Wildman–Crippen MR) is 131 cm³/mol. The topological polar surface area (TPSA) is 124 Å². The van der Waals surface area contributed by atoms with E-state index >= 15 is 0 Å². The number of urea groups is 1. The van der Waals surface area contributed by atoms with E-state index in [1.54, 1.807) is 11.8 Å². The highest BCUT2D eigenvalue weighted by Crippen LogP contribution is 2.31. The normalized spacial score (nSPS) is 13.5. The number of carbonyl (C=O) groups excluding carboxylic acids is 1. The Morgan fingerprint density at radius 3 is 2.50 bits per heavy atom. The summed E-state index contributed by atoms with van der Waals surface area (Å²) in [6.45, 7) is 8.85. The lowest BCUT2D eigenvalue weighted by Crippen LogP contribution is -2.37. The molecule has 1 aromatic heterocycles. The minimum absolute atomic E-state index is 0.110. The number of carbonyl (C=O) groups is 1. The van der Waals surface area contributed by atoms with Crippen molar-refractivity contribution in [1.82, 2.24) is 14.9 Å². The molecule has 10 heteroatoms. The van der Waals surface area contributed by atoms with Crippen molar-refractivity contribution in [2.75, 3.05) is 36.4 Å². The van der Waals surface area contributed by atoms with Gasteiger partial charge in [-0.2, -0.15) is 0 Å². The van der Waals surface area contributed by atoms with Crippen LogP contribution in [0.1, 0.15) is 33.6 Å². The van der Waals surface area contributed by atoms with E-state index in [2.05, 4.69) is 25.2 Å². The first kappa shape index (κ1) is 23.5. The molecule has 1 aliphatic heterocycles. The SMILES string of the molecule is CCN(CC)C(=O)Nc1ccc(Sc2nc(N=C(N)CC(C)=N)cc(N3CCC3)n2)cc1. The molecule has 2 aromatic rings. The minimum Gasteiger partial charge on any atom is -0.387 e. The average Bonchev–Trinajstić information content (AvgIpc) is 2.68. The molecular weight excluding hydrogens is 424 g/mol. The first-order valence-corrected chi connectivity index (χ1v) is 11.5. The number of hydrogen-bond donors (Lipinski definition) is 3. The highest BCUT2D eigenvalue weighted by Gasteiger charge is 2.18. The van der Waals surface area contributed by atoms with Gasteiger partial charge in [0.05, 0.1) is 0 Å². The van der Waals surface area contributed by atoms with Gasteiger partial charge in [0.25, 0.3) is 0 Å². The second kappa shape index (κ2) is 10.9. The van der Waals surface area contributed by atoms with Gasteiger partial charge in [-0.1, -0.05) is 0 Å². The maximum Gasteiger partial charge on any atom is 0.321 e. The summed E-state index contributed by atoms with van der Waals surface area (Å²) in [6, 6.07) is 9.32. The summed E-state index contributed by atoms with van der Waals surface area (Å²) in [4.78, 5) is 30.7. The van der Waals surface area contributed by atoms with Crippen molar-refractivity contribution in [2.24, 2.45) is 10.7 Å². The molecule has 32 heavy (non-hydrogen) atoms. The van der Waals surface area contributed by atoms with E-state index in [1.165, 1.54) is 11.8 Å². The van der Waals surface area contributed by atoms with Gasteiger partial charge >= 0.3 is 6.03 Å². The summed E-state index contributed by atoms with van der Waals surface area (Å²) in [7, 11) is 0. The first-order valence-electron chi connectivity index (χ1n) is 10.7. The van der Waals surface area contributed by atoms with Crippen LogP contribution in [0.15, 0.2) is 45.4 Å². The van der Waals surface area contributed by atoms with E-state index in [0.29, 0.717) is 42.0 Å². The first-order chi connectivity index (χ1) is 15.4. The Bertz CT molecular complexity index is 984. The van der Waals surface area contributed by atoms with Gasteiger partial charge in [0.2, 0.25) is 0 Å². The monoisotopic (exact) mass is 454 g/mol. The Balaban J connectivity index is 1.76. The Hall–Kier alpha value is -3.14. The highest BCUT2D eigenvalue weighted by molar-refractivity contribution is 7.99. The third-order valence-electron chi connectivity index (χ3n) is 4.93. The van der Waals surface area contributed by atoms with Crippen LogP contribution in [0, 0.1) is 5.41 Å². The van der Waals surface area contributed by atoms with Gasteiger partial charge in [-0.15, -0.1) is 0 Å². The Labute approximate surface area is 193 Å². The van der Waals surface area contributed by atoms with Crippen molar-refractivity contribution in [1.29, 1.82) is 5.41 Å². The number of nitrogens with two attached hydrogens (primary N) is 1. The van der Waals surface area contributed by atoms with Gasteiger partial charge in [0.15, 0.2) is 11.0 Å². The van der Waals surface area contributed by atoms with Gasteiger partial charge in [-0.3, -0.25) is 0 Å². The molecule has 2 heterocycles. The molecule has 0 spiro atoms. The van der Waals surface area contributed by atoms with Crippen LogP contribution >= 0.6 is 11.8 Å². The van der Waals surface area contributed by atoms with Gasteiger partial charge in [0, 0.05) is 55.0 Å². The zero-order chi connectivity index (χ0) is 23.1. The van der Waals surface area contributed by atoms with Crippen molar-refractivity contribution in [3.05, 3.63) is 30.3 Å². The standard InChI is InChI=1S/C22H30N8OS/c1-4-29(5-2)22(31)25-16-7-9-17(10-8-16)32-21-27-19(26-18(24)13-15(3)23)14-20(28-21)30-11-6-12-30/h7-10,14,23H,4-6,11-13H2,1-3H3,(H,25,31)(H2,24,26,27,28). The van der Waals surface area contributed by atoms with Crippen molar-refractivity contribution in [3.8, 4) is 0 Å². The molecule has 1 aliphatic rings.